The van der Waals surface area contributed by atoms with Crippen molar-refractivity contribution >= 4 is 22.5 Å². The number of amides is 1. The van der Waals surface area contributed by atoms with Crippen molar-refractivity contribution in [2.24, 2.45) is 0 Å². The van der Waals surface area contributed by atoms with Gasteiger partial charge in [0.15, 0.2) is 0 Å². The van der Waals surface area contributed by atoms with Gasteiger partial charge in [0.05, 0.1) is 41.5 Å². The van der Waals surface area contributed by atoms with Crippen LogP contribution in [0.15, 0.2) is 47.2 Å². The third-order valence-electron chi connectivity index (χ3n) is 8.80. The number of anilines is 1. The highest BCUT2D eigenvalue weighted by atomic mass is 19.4. The normalized spacial score (nSPS) is 23.0. The molecule has 1 aliphatic heterocycles. The molecule has 1 aromatic carbocycles. The summed E-state index contributed by atoms with van der Waals surface area (Å²) in [7, 11) is 3.55. The summed E-state index contributed by atoms with van der Waals surface area (Å²) in [6, 6.07) is 7.91. The largest absolute Gasteiger partial charge is 0.406 e. The van der Waals surface area contributed by atoms with Crippen molar-refractivity contribution in [2.75, 3.05) is 32.6 Å². The minimum atomic E-state index is -4.53. The molecular formula is C31H37F4N7O3. The van der Waals surface area contributed by atoms with Gasteiger partial charge in [0.25, 0.3) is 5.91 Å². The molecule has 2 aliphatic rings. The van der Waals surface area contributed by atoms with E-state index < -0.39 is 24.9 Å². The van der Waals surface area contributed by atoms with E-state index in [1.165, 1.54) is 0 Å². The number of methoxy groups -OCH3 is 1. The molecule has 6 rings (SSSR count). The Labute approximate surface area is 257 Å². The number of nitrogens with zero attached hydrogens (tertiary/aromatic N) is 5. The third kappa shape index (κ3) is 6.86. The molecule has 14 heteroatoms. The lowest BCUT2D eigenvalue weighted by atomic mass is 9.92. The molecule has 1 saturated carbocycles. The SMILES string of the molecule is CO[C@H]1CCCC[C@@H]1n1ccc(C(=O)NCc2nc(-c3cc4c(N[C@@H]5CCN(C)C[C@@H]5F)cccc4n3CC(F)(F)F)no2)c1. The molecule has 10 nitrogen and oxygen atoms in total. The molecule has 1 aliphatic carbocycles. The van der Waals surface area contributed by atoms with E-state index in [-0.39, 0.29) is 48.6 Å². The Morgan fingerprint density at radius 2 is 2.00 bits per heavy atom. The van der Waals surface area contributed by atoms with Gasteiger partial charge in [-0.25, -0.2) is 4.39 Å². The van der Waals surface area contributed by atoms with Crippen LogP contribution in [-0.2, 0) is 17.8 Å². The fourth-order valence-corrected chi connectivity index (χ4v) is 6.50. The van der Waals surface area contributed by atoms with E-state index in [9.17, 15) is 22.4 Å². The second kappa shape index (κ2) is 12.8. The lowest BCUT2D eigenvalue weighted by Gasteiger charge is -2.33. The quantitative estimate of drug-likeness (QED) is 0.233. The number of fused-ring (bicyclic) bond motifs is 1. The summed E-state index contributed by atoms with van der Waals surface area (Å²) in [6.45, 7) is -0.410. The minimum absolute atomic E-state index is 0.0401. The molecule has 4 heterocycles. The van der Waals surface area contributed by atoms with E-state index in [0.717, 1.165) is 30.3 Å². The van der Waals surface area contributed by atoms with Gasteiger partial charge in [-0.1, -0.05) is 24.1 Å². The van der Waals surface area contributed by atoms with Crippen LogP contribution >= 0.6 is 0 Å². The van der Waals surface area contributed by atoms with Gasteiger partial charge in [-0.2, -0.15) is 18.2 Å². The maximum absolute atomic E-state index is 14.8. The number of rotatable bonds is 9. The molecule has 4 atom stereocenters. The van der Waals surface area contributed by atoms with E-state index in [0.29, 0.717) is 35.1 Å². The Morgan fingerprint density at radius 1 is 1.18 bits per heavy atom. The molecule has 3 aromatic heterocycles. The van der Waals surface area contributed by atoms with Gasteiger partial charge in [0.2, 0.25) is 11.7 Å². The second-order valence-corrected chi connectivity index (χ2v) is 12.0. The molecule has 242 valence electrons. The van der Waals surface area contributed by atoms with Crippen molar-refractivity contribution in [3.8, 4) is 11.5 Å². The molecule has 1 amide bonds. The monoisotopic (exact) mass is 631 g/mol. The molecule has 2 fully saturated rings. The average Bonchev–Trinajstić information content (AvgIpc) is 3.76. The molecular weight excluding hydrogens is 594 g/mol. The van der Waals surface area contributed by atoms with E-state index in [1.807, 2.05) is 22.7 Å². The number of carbonyl (C=O) groups is 1. The minimum Gasteiger partial charge on any atom is -0.379 e. The van der Waals surface area contributed by atoms with Crippen molar-refractivity contribution in [1.29, 1.82) is 0 Å². The fourth-order valence-electron chi connectivity index (χ4n) is 6.50. The van der Waals surface area contributed by atoms with Crippen LogP contribution in [0.3, 0.4) is 0 Å². The van der Waals surface area contributed by atoms with Crippen molar-refractivity contribution in [2.45, 2.75) is 75.7 Å². The van der Waals surface area contributed by atoms with Crippen LogP contribution in [0, 0.1) is 0 Å². The van der Waals surface area contributed by atoms with Crippen LogP contribution in [0.2, 0.25) is 0 Å². The van der Waals surface area contributed by atoms with Crippen LogP contribution in [0.1, 0.15) is 54.4 Å². The Morgan fingerprint density at radius 3 is 2.78 bits per heavy atom. The van der Waals surface area contributed by atoms with Gasteiger partial charge >= 0.3 is 6.18 Å². The second-order valence-electron chi connectivity index (χ2n) is 12.0. The Kier molecular flexibility index (Phi) is 8.87. The molecule has 4 aromatic rings. The zero-order valence-corrected chi connectivity index (χ0v) is 25.2. The first-order chi connectivity index (χ1) is 21.6. The van der Waals surface area contributed by atoms with E-state index >= 15 is 0 Å². The number of hydrogen-bond donors (Lipinski definition) is 2. The first kappa shape index (κ1) is 31.1. The van der Waals surface area contributed by atoms with Gasteiger partial charge in [0, 0.05) is 43.7 Å². The predicted octanol–water partition coefficient (Wildman–Crippen LogP) is 5.57. The standard InChI is InChI=1S/C31H37F4N7O3/c1-40-12-11-23(21(32)17-40)37-22-6-5-8-24-20(22)14-26(42(24)18-31(33,34)35)29-38-28(45-39-29)15-36-30(43)19-10-13-41(16-19)25-7-3-4-9-27(25)44-2/h5-6,8,10,13-14,16,21,23,25,27,37H,3-4,7,9,11-12,15,17-18H2,1-2H3,(H,36,43)/t21-,23+,25-,27-/m0/s1. The number of alkyl halides is 4. The number of benzene rings is 1. The van der Waals surface area contributed by atoms with Crippen molar-refractivity contribution < 1.29 is 31.6 Å². The summed E-state index contributed by atoms with van der Waals surface area (Å²) >= 11 is 0. The molecule has 1 saturated heterocycles. The zero-order valence-electron chi connectivity index (χ0n) is 25.2. The number of likely N-dealkylation sites (tertiary alicyclic amines) is 1. The predicted molar refractivity (Wildman–Crippen MR) is 160 cm³/mol. The average molecular weight is 632 g/mol. The number of hydrogen-bond acceptors (Lipinski definition) is 7. The summed E-state index contributed by atoms with van der Waals surface area (Å²) in [6.07, 6.45) is 2.80. The number of aromatic nitrogens is 4. The van der Waals surface area contributed by atoms with E-state index in [2.05, 4.69) is 20.8 Å². The zero-order chi connectivity index (χ0) is 31.7. The third-order valence-corrected chi connectivity index (χ3v) is 8.80. The van der Waals surface area contributed by atoms with Crippen LogP contribution < -0.4 is 10.6 Å². The fraction of sp³-hybridized carbons (Fsp3) is 0.516. The molecule has 0 spiro atoms. The van der Waals surface area contributed by atoms with Crippen molar-refractivity contribution in [3.63, 3.8) is 0 Å². The highest BCUT2D eigenvalue weighted by Crippen LogP contribution is 2.35. The van der Waals surface area contributed by atoms with Gasteiger partial charge in [0.1, 0.15) is 12.7 Å². The van der Waals surface area contributed by atoms with E-state index in [1.54, 1.807) is 43.6 Å². The van der Waals surface area contributed by atoms with Gasteiger partial charge in [-0.3, -0.25) is 4.79 Å². The summed E-state index contributed by atoms with van der Waals surface area (Å²) in [4.78, 5) is 19.1. The summed E-state index contributed by atoms with van der Waals surface area (Å²) in [5.41, 5.74) is 1.38. The van der Waals surface area contributed by atoms with Crippen LogP contribution in [0.4, 0.5) is 23.2 Å². The summed E-state index contributed by atoms with van der Waals surface area (Å²) < 4.78 is 70.0. The van der Waals surface area contributed by atoms with Crippen LogP contribution in [0.25, 0.3) is 22.4 Å². The van der Waals surface area contributed by atoms with Crippen LogP contribution in [0.5, 0.6) is 0 Å². The summed E-state index contributed by atoms with van der Waals surface area (Å²) in [5.74, 6) is -0.360. The van der Waals surface area contributed by atoms with E-state index in [4.69, 9.17) is 9.26 Å². The molecule has 0 radical (unpaired) electrons. The maximum atomic E-state index is 14.8. The first-order valence-electron chi connectivity index (χ1n) is 15.2. The van der Waals surface area contributed by atoms with Crippen molar-refractivity contribution in [3.05, 3.63) is 54.2 Å². The van der Waals surface area contributed by atoms with Gasteiger partial charge in [-0.05, 0) is 50.6 Å². The number of piperidine rings is 1. The van der Waals surface area contributed by atoms with Crippen molar-refractivity contribution in [1.82, 2.24) is 29.5 Å². The molecule has 0 unspecified atom stereocenters. The topological polar surface area (TPSA) is 102 Å². The smallest absolute Gasteiger partial charge is 0.379 e. The highest BCUT2D eigenvalue weighted by molar-refractivity contribution is 5.96. The number of halogens is 4. The Hall–Kier alpha value is -3.91. The Bertz CT molecular complexity index is 1630. The number of ether oxygens (including phenoxy) is 1. The molecule has 45 heavy (non-hydrogen) atoms. The van der Waals surface area contributed by atoms with Crippen LogP contribution in [-0.4, -0.2) is 81.8 Å². The maximum Gasteiger partial charge on any atom is 0.406 e. The summed E-state index contributed by atoms with van der Waals surface area (Å²) in [5, 5.41) is 10.4. The number of carbonyl (C=O) groups excluding carboxylic acids is 1. The molecule has 0 bridgehead atoms. The Balaban J connectivity index is 1.20. The first-order valence-corrected chi connectivity index (χ1v) is 15.2. The lowest BCUT2D eigenvalue weighted by Crippen LogP contribution is -2.46. The number of nitrogens with one attached hydrogen (secondary N) is 2. The lowest BCUT2D eigenvalue weighted by molar-refractivity contribution is -0.139. The highest BCUT2D eigenvalue weighted by Gasteiger charge is 2.33. The van der Waals surface area contributed by atoms with Gasteiger partial charge in [-0.15, -0.1) is 0 Å². The van der Waals surface area contributed by atoms with Gasteiger partial charge < -0.3 is 33.9 Å². The molecule has 2 N–H and O–H groups in total.